The molecule has 0 aromatic heterocycles. The largest absolute Gasteiger partial charge is 0.522 e. The highest BCUT2D eigenvalue weighted by atomic mass is 32.2. The number of non-ortho nitro benzene ring substituents is 2. The number of ketones is 1. The summed E-state index contributed by atoms with van der Waals surface area (Å²) in [5, 5.41) is 21.7. The van der Waals surface area contributed by atoms with E-state index in [9.17, 15) is 55.8 Å². The molecule has 1 atom stereocenters. The molecule has 2 aliphatic heterocycles. The van der Waals surface area contributed by atoms with Crippen LogP contribution in [0, 0.1) is 43.5 Å². The smallest absolute Gasteiger partial charge is 0.363 e. The first-order valence-corrected chi connectivity index (χ1v) is 13.3. The number of carbonyl (C=O) groups is 1. The van der Waals surface area contributed by atoms with E-state index >= 15 is 0 Å². The maximum absolute atomic E-state index is 14.7. The number of carbonyl (C=O) groups excluding carboxylic acids is 1. The second-order valence-electron chi connectivity index (χ2n) is 9.13. The van der Waals surface area contributed by atoms with Crippen LogP contribution in [0.2, 0.25) is 0 Å². The van der Waals surface area contributed by atoms with E-state index in [-0.39, 0.29) is 44.7 Å². The lowest BCUT2D eigenvalue weighted by molar-refractivity contribution is -0.385. The molecular weight excluding hydrogens is 625 g/mol. The minimum atomic E-state index is -5.84. The van der Waals surface area contributed by atoms with Crippen LogP contribution in [-0.4, -0.2) is 59.8 Å². The van der Waals surface area contributed by atoms with Crippen molar-refractivity contribution in [3.8, 4) is 0 Å². The average Bonchev–Trinajstić information content (AvgIpc) is 2.88. The Labute approximate surface area is 237 Å². The van der Waals surface area contributed by atoms with E-state index in [1.54, 1.807) is 6.08 Å². The Morgan fingerprint density at radius 2 is 1.28 bits per heavy atom. The Bertz CT molecular complexity index is 1550. The molecule has 1 saturated heterocycles. The number of benzene rings is 2. The van der Waals surface area contributed by atoms with Gasteiger partial charge in [-0.3, -0.25) is 29.6 Å². The number of piperidine rings is 1. The average molecular weight is 644 g/mol. The second-order valence-corrected chi connectivity index (χ2v) is 10.5. The molecule has 1 fully saturated rings. The van der Waals surface area contributed by atoms with Crippen molar-refractivity contribution in [1.82, 2.24) is 0 Å². The molecule has 234 valence electrons. The Balaban J connectivity index is 0.000000557. The summed E-state index contributed by atoms with van der Waals surface area (Å²) in [5.41, 5.74) is -7.30. The number of nitrogens with zero attached hydrogens (tertiary/aromatic N) is 4. The third kappa shape index (κ3) is 7.55. The number of anilines is 2. The van der Waals surface area contributed by atoms with Crippen LogP contribution in [0.15, 0.2) is 35.9 Å². The number of hydrogen-bond donors (Lipinski definition) is 1. The van der Waals surface area contributed by atoms with Crippen molar-refractivity contribution < 1.29 is 58.3 Å². The molecule has 2 aromatic carbocycles. The van der Waals surface area contributed by atoms with Gasteiger partial charge in [-0.2, -0.15) is 21.6 Å². The van der Waals surface area contributed by atoms with Gasteiger partial charge in [-0.15, -0.1) is 0 Å². The van der Waals surface area contributed by atoms with Gasteiger partial charge in [0, 0.05) is 32.5 Å². The number of hydrogen-bond acceptors (Lipinski definition) is 9. The fraction of sp³-hybridized carbons (Fsp3) is 0.348. The molecule has 20 heteroatoms. The molecule has 12 nitrogen and oxygen atoms in total. The molecule has 43 heavy (non-hydrogen) atoms. The third-order valence-electron chi connectivity index (χ3n) is 6.42. The molecule has 1 N–H and O–H groups in total. The Kier molecular flexibility index (Phi) is 9.64. The summed E-state index contributed by atoms with van der Waals surface area (Å²) in [7, 11) is -5.84. The summed E-state index contributed by atoms with van der Waals surface area (Å²) in [5.74, 6) is -4.60. The molecule has 4 rings (SSSR count). The molecule has 2 aromatic rings. The summed E-state index contributed by atoms with van der Waals surface area (Å²) in [4.78, 5) is 34.8. The van der Waals surface area contributed by atoms with E-state index in [2.05, 4.69) is 0 Å². The van der Waals surface area contributed by atoms with E-state index in [4.69, 9.17) is 13.0 Å². The third-order valence-corrected chi connectivity index (χ3v) is 7.01. The SMILES string of the molecule is O=C1CCN(c2c(F)cc([N+](=O)[O-])cc2F)C(C2=CCN(c3c(F)cc([N+](=O)[O-])cc3F)CC2)C1.O=S(=O)(O)C(F)(F)F. The fourth-order valence-electron chi connectivity index (χ4n) is 4.51. The van der Waals surface area contributed by atoms with Gasteiger partial charge in [0.05, 0.1) is 40.2 Å². The van der Waals surface area contributed by atoms with Crippen LogP contribution in [0.5, 0.6) is 0 Å². The van der Waals surface area contributed by atoms with Crippen LogP contribution in [0.3, 0.4) is 0 Å². The molecule has 0 spiro atoms. The quantitative estimate of drug-likeness (QED) is 0.119. The summed E-state index contributed by atoms with van der Waals surface area (Å²) < 4.78 is 116. The molecule has 0 aliphatic carbocycles. The number of nitro groups is 2. The first-order valence-electron chi connectivity index (χ1n) is 11.8. The van der Waals surface area contributed by atoms with E-state index in [1.807, 2.05) is 0 Å². The molecule has 1 unspecified atom stereocenters. The normalized spacial score (nSPS) is 17.6. The van der Waals surface area contributed by atoms with Gasteiger partial charge in [-0.05, 0) is 12.0 Å². The summed E-state index contributed by atoms with van der Waals surface area (Å²) in [6.07, 6.45) is 1.77. The summed E-state index contributed by atoms with van der Waals surface area (Å²) in [6.45, 7) is 0.0633. The van der Waals surface area contributed by atoms with E-state index in [0.717, 1.165) is 0 Å². The predicted molar refractivity (Wildman–Crippen MR) is 134 cm³/mol. The highest BCUT2D eigenvalue weighted by Gasteiger charge is 2.44. The lowest BCUT2D eigenvalue weighted by atomic mass is 9.89. The van der Waals surface area contributed by atoms with Gasteiger partial charge in [0.2, 0.25) is 0 Å². The topological polar surface area (TPSA) is 164 Å². The fourth-order valence-corrected chi connectivity index (χ4v) is 4.51. The predicted octanol–water partition coefficient (Wildman–Crippen LogP) is 4.83. The van der Waals surface area contributed by atoms with Crippen LogP contribution < -0.4 is 9.80 Å². The minimum Gasteiger partial charge on any atom is -0.363 e. The zero-order valence-corrected chi connectivity index (χ0v) is 22.2. The van der Waals surface area contributed by atoms with Gasteiger partial charge >= 0.3 is 15.6 Å². The van der Waals surface area contributed by atoms with Crippen LogP contribution in [0.1, 0.15) is 19.3 Å². The van der Waals surface area contributed by atoms with Crippen LogP contribution in [0.25, 0.3) is 0 Å². The molecule has 0 amide bonds. The molecule has 0 radical (unpaired) electrons. The van der Waals surface area contributed by atoms with E-state index < -0.39 is 77.5 Å². The number of nitro benzene ring substituents is 2. The van der Waals surface area contributed by atoms with Gasteiger partial charge in [0.25, 0.3) is 11.4 Å². The zero-order valence-electron chi connectivity index (χ0n) is 21.4. The standard InChI is InChI=1S/C22H18F4N4O5.CHF3O3S/c23-16-7-13(29(32)33)8-17(24)21(16)27-4-1-12(2-5-27)20-11-15(31)3-6-28(20)22-18(25)9-14(30(34)35)10-19(22)26;2-1(3,4)8(5,6)7/h1,7-10,20H,2-6,11H2;(H,5,6,7). The number of rotatable bonds is 5. The zero-order chi connectivity index (χ0) is 32.4. The molecule has 2 heterocycles. The van der Waals surface area contributed by atoms with Gasteiger partial charge in [-0.1, -0.05) is 6.08 Å². The lowest BCUT2D eigenvalue weighted by Gasteiger charge is -2.40. The Hall–Kier alpha value is -4.33. The van der Waals surface area contributed by atoms with Crippen molar-refractivity contribution in [1.29, 1.82) is 0 Å². The monoisotopic (exact) mass is 644 g/mol. The number of alkyl halides is 3. The highest BCUT2D eigenvalue weighted by Crippen LogP contribution is 2.37. The molecular formula is C23H19F7N4O8S. The van der Waals surface area contributed by atoms with E-state index in [0.29, 0.717) is 29.8 Å². The second kappa shape index (κ2) is 12.5. The van der Waals surface area contributed by atoms with Crippen molar-refractivity contribution in [2.75, 3.05) is 29.4 Å². The van der Waals surface area contributed by atoms with Crippen molar-refractivity contribution in [2.24, 2.45) is 0 Å². The van der Waals surface area contributed by atoms with Gasteiger partial charge in [-0.25, -0.2) is 17.6 Å². The maximum atomic E-state index is 14.7. The van der Waals surface area contributed by atoms with E-state index in [1.165, 1.54) is 9.80 Å². The van der Waals surface area contributed by atoms with Crippen molar-refractivity contribution in [3.63, 3.8) is 0 Å². The summed E-state index contributed by atoms with van der Waals surface area (Å²) in [6, 6.07) is 1.74. The number of halogens is 7. The molecule has 0 saturated carbocycles. The lowest BCUT2D eigenvalue weighted by Crippen LogP contribution is -2.46. The molecule has 2 aliphatic rings. The van der Waals surface area contributed by atoms with Crippen LogP contribution >= 0.6 is 0 Å². The van der Waals surface area contributed by atoms with Crippen molar-refractivity contribution >= 4 is 38.7 Å². The van der Waals surface area contributed by atoms with Gasteiger partial charge in [0.15, 0.2) is 23.3 Å². The Morgan fingerprint density at radius 1 is 0.837 bits per heavy atom. The van der Waals surface area contributed by atoms with Gasteiger partial charge < -0.3 is 9.80 Å². The van der Waals surface area contributed by atoms with Crippen LogP contribution in [0.4, 0.5) is 53.5 Å². The highest BCUT2D eigenvalue weighted by molar-refractivity contribution is 7.86. The summed E-state index contributed by atoms with van der Waals surface area (Å²) >= 11 is 0. The Morgan fingerprint density at radius 3 is 1.65 bits per heavy atom. The maximum Gasteiger partial charge on any atom is 0.522 e. The molecule has 0 bridgehead atoms. The van der Waals surface area contributed by atoms with Crippen molar-refractivity contribution in [3.05, 3.63) is 79.4 Å². The first-order chi connectivity index (χ1) is 19.8. The van der Waals surface area contributed by atoms with Crippen molar-refractivity contribution in [2.45, 2.75) is 30.8 Å². The minimum absolute atomic E-state index is 0.00919. The number of Topliss-reactive ketones (excluding diaryl/α,β-unsaturated/α-hetero) is 1. The first kappa shape index (κ1) is 33.2. The van der Waals surface area contributed by atoms with Gasteiger partial charge in [0.1, 0.15) is 17.2 Å². The van der Waals surface area contributed by atoms with Crippen LogP contribution in [-0.2, 0) is 14.9 Å².